The molecule has 2 heteroatoms. The zero-order valence-corrected chi connectivity index (χ0v) is 13.1. The Bertz CT molecular complexity index is 467. The minimum atomic E-state index is 0.225. The lowest BCUT2D eigenvalue weighted by Gasteiger charge is -2.22. The second kappa shape index (κ2) is 5.99. The Labute approximate surface area is 122 Å². The van der Waals surface area contributed by atoms with Crippen LogP contribution >= 0.6 is 0 Å². The van der Waals surface area contributed by atoms with Crippen LogP contribution in [0.1, 0.15) is 63.7 Å². The van der Waals surface area contributed by atoms with Crippen molar-refractivity contribution in [1.29, 1.82) is 0 Å². The first-order valence-electron chi connectivity index (χ1n) is 7.63. The summed E-state index contributed by atoms with van der Waals surface area (Å²) in [5.41, 5.74) is 1.06. The molecule has 110 valence electrons. The van der Waals surface area contributed by atoms with Crippen molar-refractivity contribution < 1.29 is 9.53 Å². The fraction of sp³-hybridized carbons (Fsp3) is 0.611. The second-order valence-electron chi connectivity index (χ2n) is 7.34. The van der Waals surface area contributed by atoms with Gasteiger partial charge in [0.05, 0.1) is 6.10 Å². The molecule has 1 fully saturated rings. The highest BCUT2D eigenvalue weighted by Gasteiger charge is 2.24. The van der Waals surface area contributed by atoms with Gasteiger partial charge in [-0.15, -0.1) is 0 Å². The van der Waals surface area contributed by atoms with E-state index < -0.39 is 0 Å². The molecule has 0 aromatic heterocycles. The number of carbonyl (C=O) groups is 1. The minimum absolute atomic E-state index is 0.225. The number of Topliss-reactive ketones (excluding diaryl/α,β-unsaturated/α-hetero) is 1. The smallest absolute Gasteiger partial charge is 0.163 e. The Morgan fingerprint density at radius 1 is 1.35 bits per heavy atom. The van der Waals surface area contributed by atoms with Gasteiger partial charge in [0.25, 0.3) is 0 Å². The molecule has 1 saturated carbocycles. The normalized spacial score (nSPS) is 16.8. The Morgan fingerprint density at radius 3 is 2.65 bits per heavy atom. The third kappa shape index (κ3) is 4.99. The number of hydrogen-bond donors (Lipinski definition) is 0. The van der Waals surface area contributed by atoms with Crippen LogP contribution in [0, 0.1) is 11.3 Å². The van der Waals surface area contributed by atoms with Crippen LogP contribution in [-0.2, 0) is 0 Å². The first kappa shape index (κ1) is 15.1. The van der Waals surface area contributed by atoms with E-state index >= 15 is 0 Å². The van der Waals surface area contributed by atoms with Crippen LogP contribution in [0.3, 0.4) is 0 Å². The molecular formula is C18H26O2. The Hall–Kier alpha value is -1.31. The molecule has 0 aliphatic heterocycles. The van der Waals surface area contributed by atoms with Gasteiger partial charge in [0.2, 0.25) is 0 Å². The highest BCUT2D eigenvalue weighted by molar-refractivity contribution is 5.96. The van der Waals surface area contributed by atoms with E-state index in [0.717, 1.165) is 30.6 Å². The molecule has 0 spiro atoms. The van der Waals surface area contributed by atoms with E-state index in [0.29, 0.717) is 18.4 Å². The second-order valence-corrected chi connectivity index (χ2v) is 7.34. The monoisotopic (exact) mass is 274 g/mol. The van der Waals surface area contributed by atoms with Crippen molar-refractivity contribution in [3.63, 3.8) is 0 Å². The molecule has 0 amide bonds. The molecule has 20 heavy (non-hydrogen) atoms. The Balaban J connectivity index is 1.94. The van der Waals surface area contributed by atoms with Gasteiger partial charge in [-0.3, -0.25) is 4.79 Å². The number of ketones is 1. The van der Waals surface area contributed by atoms with Crippen molar-refractivity contribution in [2.75, 3.05) is 0 Å². The van der Waals surface area contributed by atoms with Crippen LogP contribution in [0.5, 0.6) is 5.75 Å². The first-order valence-corrected chi connectivity index (χ1v) is 7.63. The van der Waals surface area contributed by atoms with Crippen LogP contribution in [0.15, 0.2) is 24.3 Å². The lowest BCUT2D eigenvalue weighted by atomic mass is 9.83. The van der Waals surface area contributed by atoms with Gasteiger partial charge in [-0.25, -0.2) is 0 Å². The number of hydrogen-bond acceptors (Lipinski definition) is 2. The van der Waals surface area contributed by atoms with Gasteiger partial charge in [0.15, 0.2) is 5.78 Å². The predicted octanol–water partition coefficient (Wildman–Crippen LogP) is 4.87. The Morgan fingerprint density at radius 2 is 2.05 bits per heavy atom. The molecule has 0 bridgehead atoms. The van der Waals surface area contributed by atoms with Gasteiger partial charge < -0.3 is 4.74 Å². The number of benzene rings is 1. The Kier molecular flexibility index (Phi) is 4.52. The quantitative estimate of drug-likeness (QED) is 0.691. The maximum absolute atomic E-state index is 12.3. The van der Waals surface area contributed by atoms with Crippen LogP contribution in [0.4, 0.5) is 0 Å². The predicted molar refractivity (Wildman–Crippen MR) is 82.3 cm³/mol. The van der Waals surface area contributed by atoms with Gasteiger partial charge in [-0.05, 0) is 42.7 Å². The number of ether oxygens (including phenoxy) is 1. The largest absolute Gasteiger partial charge is 0.490 e. The number of rotatable bonds is 6. The topological polar surface area (TPSA) is 26.3 Å². The molecule has 1 atom stereocenters. The fourth-order valence-electron chi connectivity index (χ4n) is 2.67. The zero-order chi connectivity index (χ0) is 14.8. The summed E-state index contributed by atoms with van der Waals surface area (Å²) in [6.45, 7) is 8.82. The molecule has 1 aromatic rings. The number of carbonyl (C=O) groups excluding carboxylic acids is 1. The van der Waals surface area contributed by atoms with Crippen molar-refractivity contribution in [2.24, 2.45) is 11.3 Å². The van der Waals surface area contributed by atoms with Crippen LogP contribution < -0.4 is 4.74 Å². The summed E-state index contributed by atoms with van der Waals surface area (Å²) in [5, 5.41) is 0. The van der Waals surface area contributed by atoms with Crippen molar-refractivity contribution in [3.05, 3.63) is 29.8 Å². The van der Waals surface area contributed by atoms with E-state index in [4.69, 9.17) is 4.74 Å². The molecule has 2 rings (SSSR count). The highest BCUT2D eigenvalue weighted by Crippen LogP contribution is 2.29. The molecule has 1 aliphatic carbocycles. The van der Waals surface area contributed by atoms with E-state index in [1.54, 1.807) is 0 Å². The third-order valence-corrected chi connectivity index (χ3v) is 3.48. The van der Waals surface area contributed by atoms with Gasteiger partial charge in [-0.1, -0.05) is 39.8 Å². The minimum Gasteiger partial charge on any atom is -0.490 e. The van der Waals surface area contributed by atoms with Crippen molar-refractivity contribution in [1.82, 2.24) is 0 Å². The lowest BCUT2D eigenvalue weighted by Crippen LogP contribution is -2.14. The molecule has 1 unspecified atom stereocenters. The van der Waals surface area contributed by atoms with Crippen LogP contribution in [0.2, 0.25) is 0 Å². The lowest BCUT2D eigenvalue weighted by molar-refractivity contribution is 0.0954. The van der Waals surface area contributed by atoms with Gasteiger partial charge >= 0.3 is 0 Å². The van der Waals surface area contributed by atoms with Crippen molar-refractivity contribution in [3.8, 4) is 5.75 Å². The highest BCUT2D eigenvalue weighted by atomic mass is 16.5. The fourth-order valence-corrected chi connectivity index (χ4v) is 2.67. The maximum Gasteiger partial charge on any atom is 0.163 e. The summed E-state index contributed by atoms with van der Waals surface area (Å²) in [7, 11) is 0. The average Bonchev–Trinajstić information content (AvgIpc) is 3.10. The molecule has 0 heterocycles. The van der Waals surface area contributed by atoms with E-state index in [1.807, 2.05) is 24.3 Å². The third-order valence-electron chi connectivity index (χ3n) is 3.48. The summed E-state index contributed by atoms with van der Waals surface area (Å²) in [5.74, 6) is 1.47. The van der Waals surface area contributed by atoms with E-state index in [1.165, 1.54) is 0 Å². The van der Waals surface area contributed by atoms with E-state index in [9.17, 15) is 4.79 Å². The van der Waals surface area contributed by atoms with Gasteiger partial charge in [0, 0.05) is 12.0 Å². The molecule has 0 saturated heterocycles. The molecule has 0 N–H and O–H groups in total. The average molecular weight is 274 g/mol. The summed E-state index contributed by atoms with van der Waals surface area (Å²) >= 11 is 0. The van der Waals surface area contributed by atoms with Gasteiger partial charge in [-0.2, -0.15) is 0 Å². The standard InChI is InChI=1S/C18H26O2/c1-13(12-18(2,3)4)10-17(19)14-6-5-7-16(11-14)20-15-8-9-15/h5-7,11,13,15H,8-10,12H2,1-4H3. The SMILES string of the molecule is CC(CC(=O)c1cccc(OC2CC2)c1)CC(C)(C)C. The molecule has 1 aliphatic rings. The van der Waals surface area contributed by atoms with Crippen molar-refractivity contribution >= 4 is 5.78 Å². The molecule has 2 nitrogen and oxygen atoms in total. The van der Waals surface area contributed by atoms with E-state index in [2.05, 4.69) is 27.7 Å². The van der Waals surface area contributed by atoms with Crippen LogP contribution in [-0.4, -0.2) is 11.9 Å². The summed E-state index contributed by atoms with van der Waals surface area (Å²) in [6.07, 6.45) is 4.34. The molecule has 1 aromatic carbocycles. The van der Waals surface area contributed by atoms with Crippen molar-refractivity contribution in [2.45, 2.75) is 59.5 Å². The summed E-state index contributed by atoms with van der Waals surface area (Å²) < 4.78 is 5.75. The zero-order valence-electron chi connectivity index (χ0n) is 13.1. The summed E-state index contributed by atoms with van der Waals surface area (Å²) in [6, 6.07) is 7.64. The van der Waals surface area contributed by atoms with Gasteiger partial charge in [0.1, 0.15) is 5.75 Å². The van der Waals surface area contributed by atoms with E-state index in [-0.39, 0.29) is 11.2 Å². The first-order chi connectivity index (χ1) is 9.33. The summed E-state index contributed by atoms with van der Waals surface area (Å²) in [4.78, 5) is 12.3. The molecular weight excluding hydrogens is 248 g/mol. The van der Waals surface area contributed by atoms with Crippen LogP contribution in [0.25, 0.3) is 0 Å². The molecule has 0 radical (unpaired) electrons. The maximum atomic E-state index is 12.3.